The maximum absolute atomic E-state index is 2.52. The average molecular weight is 410 g/mol. The fraction of sp³-hybridized carbons (Fsp3) is 0.0968. The minimum atomic E-state index is -0.0740. The van der Waals surface area contributed by atoms with Crippen molar-refractivity contribution < 1.29 is 0 Å². The van der Waals surface area contributed by atoms with Crippen LogP contribution in [-0.4, -0.2) is 4.57 Å². The third kappa shape index (κ3) is 2.08. The number of fused-ring (bicyclic) bond motifs is 10. The number of hydrogen-bond donors (Lipinski definition) is 0. The summed E-state index contributed by atoms with van der Waals surface area (Å²) in [5, 5.41) is 6.69. The number of para-hydroxylation sites is 1. The molecular formula is C31H23N. The Labute approximate surface area is 187 Å². The van der Waals surface area contributed by atoms with Gasteiger partial charge in [0, 0.05) is 27.4 Å². The topological polar surface area (TPSA) is 4.93 Å². The zero-order valence-corrected chi connectivity index (χ0v) is 18.3. The highest BCUT2D eigenvalue weighted by Gasteiger charge is 2.41. The van der Waals surface area contributed by atoms with Gasteiger partial charge in [0.15, 0.2) is 0 Å². The molecule has 1 aromatic heterocycles. The van der Waals surface area contributed by atoms with Gasteiger partial charge in [-0.1, -0.05) is 105 Å². The van der Waals surface area contributed by atoms with Gasteiger partial charge in [-0.2, -0.15) is 0 Å². The second-order valence-electron chi connectivity index (χ2n) is 9.38. The van der Waals surface area contributed by atoms with E-state index in [2.05, 4.69) is 122 Å². The molecule has 0 radical (unpaired) electrons. The van der Waals surface area contributed by atoms with E-state index in [4.69, 9.17) is 0 Å². The molecule has 0 N–H and O–H groups in total. The van der Waals surface area contributed by atoms with Gasteiger partial charge in [0.25, 0.3) is 0 Å². The highest BCUT2D eigenvalue weighted by molar-refractivity contribution is 6.27. The minimum Gasteiger partial charge on any atom is -0.308 e. The van der Waals surface area contributed by atoms with Gasteiger partial charge in [-0.15, -0.1) is 0 Å². The molecule has 0 bridgehead atoms. The summed E-state index contributed by atoms with van der Waals surface area (Å²) in [7, 11) is 0. The molecule has 0 spiro atoms. The number of aromatic nitrogens is 1. The predicted octanol–water partition coefficient (Wildman–Crippen LogP) is 8.24. The van der Waals surface area contributed by atoms with Crippen molar-refractivity contribution in [2.24, 2.45) is 0 Å². The molecule has 1 heteroatoms. The van der Waals surface area contributed by atoms with Crippen LogP contribution in [0, 0.1) is 0 Å². The van der Waals surface area contributed by atoms with Crippen LogP contribution in [0.4, 0.5) is 0 Å². The number of nitrogens with zero attached hydrogens (tertiary/aromatic N) is 1. The highest BCUT2D eigenvalue weighted by atomic mass is 15.0. The second-order valence-corrected chi connectivity index (χ2v) is 9.38. The van der Waals surface area contributed by atoms with E-state index in [-0.39, 0.29) is 5.41 Å². The van der Waals surface area contributed by atoms with Gasteiger partial charge < -0.3 is 4.57 Å². The first-order valence-corrected chi connectivity index (χ1v) is 11.3. The molecule has 1 heterocycles. The predicted molar refractivity (Wildman–Crippen MR) is 136 cm³/mol. The van der Waals surface area contributed by atoms with Crippen LogP contribution in [0.25, 0.3) is 49.4 Å². The quantitative estimate of drug-likeness (QED) is 0.241. The lowest BCUT2D eigenvalue weighted by Gasteiger charge is -2.22. The number of benzene rings is 5. The van der Waals surface area contributed by atoms with Crippen LogP contribution < -0.4 is 0 Å². The van der Waals surface area contributed by atoms with E-state index in [1.54, 1.807) is 0 Å². The van der Waals surface area contributed by atoms with Gasteiger partial charge in [0.2, 0.25) is 0 Å². The van der Waals surface area contributed by atoms with E-state index >= 15 is 0 Å². The van der Waals surface area contributed by atoms with Crippen LogP contribution in [0.3, 0.4) is 0 Å². The summed E-state index contributed by atoms with van der Waals surface area (Å²) in [6, 6.07) is 37.6. The Morgan fingerprint density at radius 3 is 1.88 bits per heavy atom. The molecule has 0 unspecified atom stereocenters. The molecule has 5 aromatic carbocycles. The van der Waals surface area contributed by atoms with Gasteiger partial charge in [-0.05, 0) is 39.4 Å². The molecule has 0 aliphatic heterocycles. The van der Waals surface area contributed by atoms with Crippen LogP contribution in [0.2, 0.25) is 0 Å². The Kier molecular flexibility index (Phi) is 3.40. The summed E-state index contributed by atoms with van der Waals surface area (Å²) in [5.74, 6) is 0. The molecule has 7 rings (SSSR count). The second kappa shape index (κ2) is 6.11. The summed E-state index contributed by atoms with van der Waals surface area (Å²) in [5.41, 5.74) is 8.00. The Balaban J connectivity index is 1.85. The summed E-state index contributed by atoms with van der Waals surface area (Å²) in [4.78, 5) is 0. The molecule has 1 nitrogen and oxygen atoms in total. The zero-order valence-electron chi connectivity index (χ0n) is 18.3. The van der Waals surface area contributed by atoms with Gasteiger partial charge in [0.1, 0.15) is 0 Å². The molecule has 152 valence electrons. The van der Waals surface area contributed by atoms with Crippen molar-refractivity contribution in [1.29, 1.82) is 0 Å². The van der Waals surface area contributed by atoms with Crippen LogP contribution in [-0.2, 0) is 5.41 Å². The monoisotopic (exact) mass is 409 g/mol. The number of rotatable bonds is 1. The summed E-state index contributed by atoms with van der Waals surface area (Å²) in [6.45, 7) is 4.77. The van der Waals surface area contributed by atoms with Crippen LogP contribution >= 0.6 is 0 Å². The molecule has 1 aliphatic rings. The average Bonchev–Trinajstić information content (AvgIpc) is 3.32. The SMILES string of the molecule is CC1(C)c2ccccc2-c2c1c1c3ccccc3c3ccccc3c1n2-c1ccccc1. The van der Waals surface area contributed by atoms with Crippen LogP contribution in [0.1, 0.15) is 25.0 Å². The van der Waals surface area contributed by atoms with E-state index < -0.39 is 0 Å². The molecule has 0 fully saturated rings. The maximum atomic E-state index is 2.52. The molecule has 1 aliphatic carbocycles. The Morgan fingerprint density at radius 1 is 0.562 bits per heavy atom. The standard InChI is InChI=1S/C31H23N/c1-31(2)26-19-11-10-18-25(26)30-28(31)27-23-16-8-6-14-21(23)22-15-7-9-17-24(22)29(27)32(30)20-12-4-3-5-13-20/h3-19H,1-2H3. The van der Waals surface area contributed by atoms with E-state index in [0.29, 0.717) is 0 Å². The van der Waals surface area contributed by atoms with Crippen molar-refractivity contribution in [1.82, 2.24) is 4.57 Å². The Bertz CT molecular complexity index is 1680. The normalized spacial score (nSPS) is 14.2. The first-order chi connectivity index (χ1) is 15.7. The molecule has 0 atom stereocenters. The van der Waals surface area contributed by atoms with Gasteiger partial charge in [-0.25, -0.2) is 0 Å². The van der Waals surface area contributed by atoms with Crippen molar-refractivity contribution in [2.45, 2.75) is 19.3 Å². The first-order valence-electron chi connectivity index (χ1n) is 11.3. The fourth-order valence-electron chi connectivity index (χ4n) is 6.02. The van der Waals surface area contributed by atoms with Crippen molar-refractivity contribution in [3.8, 4) is 16.9 Å². The van der Waals surface area contributed by atoms with Crippen molar-refractivity contribution in [2.75, 3.05) is 0 Å². The lowest BCUT2D eigenvalue weighted by molar-refractivity contribution is 0.666. The minimum absolute atomic E-state index is 0.0740. The van der Waals surface area contributed by atoms with Crippen LogP contribution in [0.5, 0.6) is 0 Å². The number of hydrogen-bond acceptors (Lipinski definition) is 0. The summed E-state index contributed by atoms with van der Waals surface area (Å²) in [6.07, 6.45) is 0. The summed E-state index contributed by atoms with van der Waals surface area (Å²) >= 11 is 0. The third-order valence-electron chi connectivity index (χ3n) is 7.33. The molecule has 0 saturated carbocycles. The smallest absolute Gasteiger partial charge is 0.0623 e. The Morgan fingerprint density at radius 2 is 1.12 bits per heavy atom. The molecule has 0 saturated heterocycles. The molecular weight excluding hydrogens is 386 g/mol. The van der Waals surface area contributed by atoms with Crippen LogP contribution in [0.15, 0.2) is 103 Å². The van der Waals surface area contributed by atoms with E-state index in [9.17, 15) is 0 Å². The Hall–Kier alpha value is -3.84. The molecule has 0 amide bonds. The van der Waals surface area contributed by atoms with Gasteiger partial charge in [0.05, 0.1) is 11.2 Å². The lowest BCUT2D eigenvalue weighted by atomic mass is 9.80. The molecule has 6 aromatic rings. The largest absolute Gasteiger partial charge is 0.308 e. The summed E-state index contributed by atoms with van der Waals surface area (Å²) < 4.78 is 2.52. The fourth-order valence-corrected chi connectivity index (χ4v) is 6.02. The molecule has 32 heavy (non-hydrogen) atoms. The van der Waals surface area contributed by atoms with E-state index in [1.165, 1.54) is 60.5 Å². The van der Waals surface area contributed by atoms with E-state index in [1.807, 2.05) is 0 Å². The zero-order chi connectivity index (χ0) is 21.4. The van der Waals surface area contributed by atoms with Crippen molar-refractivity contribution in [3.05, 3.63) is 114 Å². The van der Waals surface area contributed by atoms with Gasteiger partial charge >= 0.3 is 0 Å². The maximum Gasteiger partial charge on any atom is 0.0623 e. The lowest BCUT2D eigenvalue weighted by Crippen LogP contribution is -2.14. The third-order valence-corrected chi connectivity index (χ3v) is 7.33. The highest BCUT2D eigenvalue weighted by Crippen LogP contribution is 2.56. The first kappa shape index (κ1) is 17.8. The van der Waals surface area contributed by atoms with E-state index in [0.717, 1.165) is 0 Å². The van der Waals surface area contributed by atoms with Gasteiger partial charge in [-0.3, -0.25) is 0 Å². The van der Waals surface area contributed by atoms with Crippen molar-refractivity contribution >= 4 is 32.4 Å². The van der Waals surface area contributed by atoms with Crippen molar-refractivity contribution in [3.63, 3.8) is 0 Å².